The fraction of sp³-hybridized carbons (Fsp3) is 0.375. The maximum Gasteiger partial charge on any atom is 0.268 e. The van der Waals surface area contributed by atoms with Crippen LogP contribution >= 0.6 is 11.6 Å². The second kappa shape index (κ2) is 11.4. The molecule has 1 aromatic carbocycles. The number of carbonyl (C=O) groups is 1. The van der Waals surface area contributed by atoms with Crippen molar-refractivity contribution in [3.8, 4) is 11.3 Å². The van der Waals surface area contributed by atoms with Crippen LogP contribution in [0.2, 0.25) is 5.02 Å². The zero-order valence-electron chi connectivity index (χ0n) is 19.4. The van der Waals surface area contributed by atoms with Crippen LogP contribution in [0.4, 0.5) is 5.95 Å². The molecule has 0 unspecified atom stereocenters. The number of hydrogen-bond acceptors (Lipinski definition) is 7. The minimum Gasteiger partial charge on any atom is -0.394 e. The fourth-order valence-electron chi connectivity index (χ4n) is 3.79. The Kier molecular flexibility index (Phi) is 8.62. The third kappa shape index (κ3) is 5.56. The van der Waals surface area contributed by atoms with Crippen LogP contribution in [-0.2, 0) is 6.61 Å². The Hall–Kier alpha value is -2.98. The molecule has 3 rings (SSSR count). The summed E-state index contributed by atoms with van der Waals surface area (Å²) >= 11 is 6.06. The highest BCUT2D eigenvalue weighted by molar-refractivity contribution is 6.30. The molecule has 0 saturated heterocycles. The monoisotopic (exact) mass is 487 g/mol. The van der Waals surface area contributed by atoms with Gasteiger partial charge in [-0.15, -0.1) is 0 Å². The Bertz CT molecular complexity index is 1150. The van der Waals surface area contributed by atoms with Crippen molar-refractivity contribution in [2.75, 3.05) is 18.5 Å². The van der Waals surface area contributed by atoms with Gasteiger partial charge in [0.2, 0.25) is 5.95 Å². The number of aliphatic hydroxyl groups excluding tert-OH is 3. The number of nitrogens with zero attached hydrogens (tertiary/aromatic N) is 2. The molecule has 1 amide bonds. The van der Waals surface area contributed by atoms with Crippen LogP contribution in [0.3, 0.4) is 0 Å². The molecule has 6 N–H and O–H groups in total. The number of aromatic nitrogens is 3. The van der Waals surface area contributed by atoms with Crippen molar-refractivity contribution in [2.24, 2.45) is 0 Å². The lowest BCUT2D eigenvalue weighted by Gasteiger charge is -2.17. The highest BCUT2D eigenvalue weighted by Gasteiger charge is 2.24. The van der Waals surface area contributed by atoms with Gasteiger partial charge in [-0.3, -0.25) is 4.79 Å². The van der Waals surface area contributed by atoms with Gasteiger partial charge in [0, 0.05) is 28.0 Å². The van der Waals surface area contributed by atoms with Crippen LogP contribution in [-0.4, -0.2) is 55.4 Å². The van der Waals surface area contributed by atoms with Crippen molar-refractivity contribution in [3.05, 3.63) is 63.6 Å². The van der Waals surface area contributed by atoms with E-state index in [9.17, 15) is 20.1 Å². The number of amides is 1. The van der Waals surface area contributed by atoms with Gasteiger partial charge in [-0.1, -0.05) is 30.7 Å². The van der Waals surface area contributed by atoms with E-state index in [4.69, 9.17) is 11.6 Å². The molecule has 0 saturated carbocycles. The van der Waals surface area contributed by atoms with E-state index < -0.39 is 11.9 Å². The fourth-order valence-corrected chi connectivity index (χ4v) is 3.99. The van der Waals surface area contributed by atoms with E-state index in [-0.39, 0.29) is 25.9 Å². The van der Waals surface area contributed by atoms with E-state index >= 15 is 0 Å². The number of hydrogen-bond donors (Lipinski definition) is 6. The number of halogens is 1. The Labute approximate surface area is 203 Å². The van der Waals surface area contributed by atoms with E-state index in [1.165, 1.54) is 6.20 Å². The summed E-state index contributed by atoms with van der Waals surface area (Å²) in [7, 11) is 0. The molecule has 2 heterocycles. The summed E-state index contributed by atoms with van der Waals surface area (Å²) in [6.07, 6.45) is 2.21. The molecule has 2 atom stereocenters. The number of nitrogens with one attached hydrogen (secondary N) is 3. The molecule has 0 bridgehead atoms. The van der Waals surface area contributed by atoms with Crippen LogP contribution < -0.4 is 10.6 Å². The lowest BCUT2D eigenvalue weighted by molar-refractivity contribution is 0.0911. The summed E-state index contributed by atoms with van der Waals surface area (Å²) in [5, 5.41) is 35.6. The average Bonchev–Trinajstić information content (AvgIpc) is 3.14. The summed E-state index contributed by atoms with van der Waals surface area (Å²) in [5.74, 6) is -0.0736. The molecule has 0 aliphatic heterocycles. The summed E-state index contributed by atoms with van der Waals surface area (Å²) in [4.78, 5) is 25.1. The summed E-state index contributed by atoms with van der Waals surface area (Å²) in [5.41, 5.74) is 4.03. The molecule has 9 nitrogen and oxygen atoms in total. The molecule has 0 aliphatic rings. The van der Waals surface area contributed by atoms with Crippen molar-refractivity contribution < 1.29 is 20.1 Å². The zero-order chi connectivity index (χ0) is 24.8. The minimum atomic E-state index is -0.634. The first kappa shape index (κ1) is 25.6. The number of H-pyrrole nitrogens is 1. The van der Waals surface area contributed by atoms with Gasteiger partial charge in [0.05, 0.1) is 37.6 Å². The highest BCUT2D eigenvalue weighted by atomic mass is 35.5. The lowest BCUT2D eigenvalue weighted by Crippen LogP contribution is -2.31. The molecule has 182 valence electrons. The van der Waals surface area contributed by atoms with Crippen molar-refractivity contribution >= 4 is 23.5 Å². The molecular formula is C24H30ClN5O4. The van der Waals surface area contributed by atoms with Crippen molar-refractivity contribution in [1.29, 1.82) is 0 Å². The highest BCUT2D eigenvalue weighted by Crippen LogP contribution is 2.32. The predicted molar refractivity (Wildman–Crippen MR) is 131 cm³/mol. The molecule has 0 radical (unpaired) electrons. The SMILES string of the molecule is CC[C@@H](CO)Nc1ncc(CO)c(-c2c(C)[nH]c(C(=O)N[C@H](CO)c3cccc(Cl)c3)c2C)n1. The maximum absolute atomic E-state index is 13.1. The van der Waals surface area contributed by atoms with Gasteiger partial charge in [0.1, 0.15) is 5.69 Å². The van der Waals surface area contributed by atoms with Crippen LogP contribution in [0.5, 0.6) is 0 Å². The molecular weight excluding hydrogens is 458 g/mol. The van der Waals surface area contributed by atoms with E-state index in [0.717, 1.165) is 0 Å². The smallest absolute Gasteiger partial charge is 0.268 e. The zero-order valence-corrected chi connectivity index (χ0v) is 20.1. The predicted octanol–water partition coefficient (Wildman–Crippen LogP) is 2.88. The summed E-state index contributed by atoms with van der Waals surface area (Å²) in [6.45, 7) is 4.91. The van der Waals surface area contributed by atoms with Crippen molar-refractivity contribution in [1.82, 2.24) is 20.3 Å². The molecule has 3 aromatic rings. The van der Waals surface area contributed by atoms with Crippen LogP contribution in [0.25, 0.3) is 11.3 Å². The minimum absolute atomic E-state index is 0.0673. The molecule has 0 aliphatic carbocycles. The second-order valence-corrected chi connectivity index (χ2v) is 8.48. The van der Waals surface area contributed by atoms with Crippen molar-refractivity contribution in [2.45, 2.75) is 45.9 Å². The van der Waals surface area contributed by atoms with Gasteiger partial charge in [-0.05, 0) is 43.5 Å². The maximum atomic E-state index is 13.1. The van der Waals surface area contributed by atoms with Crippen LogP contribution in [0.15, 0.2) is 30.5 Å². The molecule has 0 fully saturated rings. The largest absolute Gasteiger partial charge is 0.394 e. The van der Waals surface area contributed by atoms with Crippen LogP contribution in [0, 0.1) is 13.8 Å². The normalized spacial score (nSPS) is 12.9. The lowest BCUT2D eigenvalue weighted by atomic mass is 10.0. The average molecular weight is 488 g/mol. The van der Waals surface area contributed by atoms with Gasteiger partial charge >= 0.3 is 0 Å². The number of rotatable bonds is 10. The van der Waals surface area contributed by atoms with Gasteiger partial charge in [-0.25, -0.2) is 9.97 Å². The quantitative estimate of drug-likeness (QED) is 0.258. The Balaban J connectivity index is 1.95. The van der Waals surface area contributed by atoms with Gasteiger partial charge in [0.25, 0.3) is 5.91 Å². The van der Waals surface area contributed by atoms with Gasteiger partial charge in [-0.2, -0.15) is 0 Å². The van der Waals surface area contributed by atoms with Gasteiger partial charge in [0.15, 0.2) is 0 Å². The Morgan fingerprint density at radius 3 is 2.59 bits per heavy atom. The number of aliphatic hydroxyl groups is 3. The van der Waals surface area contributed by atoms with E-state index in [2.05, 4.69) is 25.6 Å². The third-order valence-electron chi connectivity index (χ3n) is 5.72. The molecule has 0 spiro atoms. The number of aromatic amines is 1. The van der Waals surface area contributed by atoms with E-state index in [1.807, 2.05) is 13.8 Å². The van der Waals surface area contributed by atoms with E-state index in [0.29, 0.717) is 56.7 Å². The first-order chi connectivity index (χ1) is 16.3. The topological polar surface area (TPSA) is 143 Å². The molecule has 2 aromatic heterocycles. The molecule has 34 heavy (non-hydrogen) atoms. The Morgan fingerprint density at radius 1 is 1.21 bits per heavy atom. The number of benzene rings is 1. The first-order valence-electron chi connectivity index (χ1n) is 11.0. The van der Waals surface area contributed by atoms with E-state index in [1.54, 1.807) is 31.2 Å². The molecule has 10 heteroatoms. The number of carbonyl (C=O) groups excluding carboxylic acids is 1. The van der Waals surface area contributed by atoms with Crippen LogP contribution in [0.1, 0.15) is 52.3 Å². The number of aryl methyl sites for hydroxylation is 1. The summed E-state index contributed by atoms with van der Waals surface area (Å²) in [6, 6.07) is 6.11. The Morgan fingerprint density at radius 2 is 1.97 bits per heavy atom. The standard InChI is InChI=1S/C24H30ClN5O4/c1-4-18(11-32)28-24-26-9-16(10-31)22(30-24)20-13(2)21(27-14(20)3)23(34)29-19(12-33)15-6-5-7-17(25)8-15/h5-9,18-19,27,31-33H,4,10-12H2,1-3H3,(H,29,34)(H,26,28,30)/t18-,19+/m0/s1. The summed E-state index contributed by atoms with van der Waals surface area (Å²) < 4.78 is 0. The van der Waals surface area contributed by atoms with Crippen molar-refractivity contribution in [3.63, 3.8) is 0 Å². The third-order valence-corrected chi connectivity index (χ3v) is 5.96. The first-order valence-corrected chi connectivity index (χ1v) is 11.4. The van der Waals surface area contributed by atoms with Gasteiger partial charge < -0.3 is 30.9 Å². The second-order valence-electron chi connectivity index (χ2n) is 8.05. The number of anilines is 1.